The van der Waals surface area contributed by atoms with Crippen molar-refractivity contribution < 1.29 is 14.3 Å². The Morgan fingerprint density at radius 2 is 1.32 bits per heavy atom. The smallest absolute Gasteiger partial charge is 0.170 e. The molecular formula is C23H24ClNO3. The highest BCUT2D eigenvalue weighted by Gasteiger charge is 2.10. The van der Waals surface area contributed by atoms with Gasteiger partial charge in [0.2, 0.25) is 0 Å². The summed E-state index contributed by atoms with van der Waals surface area (Å²) >= 11 is 0. The van der Waals surface area contributed by atoms with Gasteiger partial charge < -0.3 is 19.6 Å². The zero-order chi connectivity index (χ0) is 19.1. The first-order chi connectivity index (χ1) is 13.1. The lowest BCUT2D eigenvalue weighted by molar-refractivity contribution is -0.107. The number of nitrogens with one attached hydrogen (secondary N) is 1. The lowest BCUT2D eigenvalue weighted by Gasteiger charge is -2.14. The summed E-state index contributed by atoms with van der Waals surface area (Å²) in [5.74, 6) is 2.76. The number of carbonyl (C=O) groups is 1. The van der Waals surface area contributed by atoms with Crippen LogP contribution in [-0.2, 0) is 11.3 Å². The second-order valence-corrected chi connectivity index (χ2v) is 6.41. The van der Waals surface area contributed by atoms with E-state index in [-0.39, 0.29) is 12.4 Å². The Hall–Kier alpha value is -2.82. The molecule has 0 aliphatic rings. The number of rotatable bonds is 8. The van der Waals surface area contributed by atoms with Gasteiger partial charge in [-0.2, -0.15) is 0 Å². The van der Waals surface area contributed by atoms with E-state index in [0.29, 0.717) is 24.6 Å². The molecular weight excluding hydrogens is 374 g/mol. The maximum absolute atomic E-state index is 10.5. The van der Waals surface area contributed by atoms with Crippen molar-refractivity contribution in [3.8, 4) is 23.0 Å². The molecule has 4 nitrogen and oxygen atoms in total. The first-order valence-electron chi connectivity index (χ1n) is 8.90. The molecule has 0 amide bonds. The van der Waals surface area contributed by atoms with Gasteiger partial charge in [0.15, 0.2) is 11.5 Å². The van der Waals surface area contributed by atoms with Gasteiger partial charge in [0.1, 0.15) is 17.8 Å². The first kappa shape index (κ1) is 21.5. The number of hydrogen-bond donors (Lipinski definition) is 1. The molecule has 0 heterocycles. The van der Waals surface area contributed by atoms with Crippen LogP contribution in [0, 0.1) is 13.8 Å². The van der Waals surface area contributed by atoms with Crippen molar-refractivity contribution in [3.63, 3.8) is 0 Å². The maximum atomic E-state index is 10.5. The summed E-state index contributed by atoms with van der Waals surface area (Å²) in [5.41, 5.74) is 3.36. The van der Waals surface area contributed by atoms with Crippen molar-refractivity contribution in [1.82, 2.24) is 5.32 Å². The van der Waals surface area contributed by atoms with Crippen molar-refractivity contribution >= 4 is 18.7 Å². The third kappa shape index (κ3) is 6.12. The fourth-order valence-electron chi connectivity index (χ4n) is 2.57. The number of carbonyl (C=O) groups excluding carboxylic acids is 1. The Balaban J connectivity index is 0.00000280. The first-order valence-corrected chi connectivity index (χ1v) is 8.90. The number of halogens is 1. The maximum Gasteiger partial charge on any atom is 0.170 e. The van der Waals surface area contributed by atoms with Gasteiger partial charge in [0, 0.05) is 6.54 Å². The van der Waals surface area contributed by atoms with Gasteiger partial charge in [-0.15, -0.1) is 12.4 Å². The number of benzene rings is 3. The minimum Gasteiger partial charge on any atom is -0.453 e. The predicted molar refractivity (Wildman–Crippen MR) is 114 cm³/mol. The normalized spacial score (nSPS) is 10.1. The molecule has 0 saturated carbocycles. The molecule has 0 fully saturated rings. The van der Waals surface area contributed by atoms with Crippen LogP contribution >= 0.6 is 12.4 Å². The molecule has 0 saturated heterocycles. The summed E-state index contributed by atoms with van der Waals surface area (Å²) in [5, 5.41) is 3.06. The Labute approximate surface area is 171 Å². The Morgan fingerprint density at radius 1 is 0.786 bits per heavy atom. The lowest BCUT2D eigenvalue weighted by atomic mass is 10.2. The van der Waals surface area contributed by atoms with E-state index in [0.717, 1.165) is 23.3 Å². The third-order valence-corrected chi connectivity index (χ3v) is 4.06. The van der Waals surface area contributed by atoms with E-state index in [2.05, 4.69) is 5.32 Å². The SMILES string of the molecule is Cc1ccc(Oc2ccc(CNCC=O)cc2Oc2ccc(C)cc2)cc1.Cl. The quantitative estimate of drug-likeness (QED) is 0.397. The highest BCUT2D eigenvalue weighted by atomic mass is 35.5. The van der Waals surface area contributed by atoms with Gasteiger partial charge >= 0.3 is 0 Å². The molecule has 0 unspecified atom stereocenters. The molecule has 146 valence electrons. The molecule has 0 spiro atoms. The van der Waals surface area contributed by atoms with E-state index in [1.807, 2.05) is 80.6 Å². The van der Waals surface area contributed by atoms with Crippen LogP contribution < -0.4 is 14.8 Å². The van der Waals surface area contributed by atoms with E-state index in [1.54, 1.807) is 0 Å². The van der Waals surface area contributed by atoms with E-state index in [9.17, 15) is 4.79 Å². The van der Waals surface area contributed by atoms with Gasteiger partial charge in [0.05, 0.1) is 6.54 Å². The summed E-state index contributed by atoms with van der Waals surface area (Å²) in [7, 11) is 0. The molecule has 0 aliphatic heterocycles. The molecule has 0 bridgehead atoms. The third-order valence-electron chi connectivity index (χ3n) is 4.06. The van der Waals surface area contributed by atoms with E-state index in [4.69, 9.17) is 9.47 Å². The summed E-state index contributed by atoms with van der Waals surface area (Å²) < 4.78 is 12.1. The number of aldehydes is 1. The second kappa shape index (κ2) is 10.5. The fraction of sp³-hybridized carbons (Fsp3) is 0.174. The van der Waals surface area contributed by atoms with Crippen LogP contribution in [0.25, 0.3) is 0 Å². The topological polar surface area (TPSA) is 47.6 Å². The van der Waals surface area contributed by atoms with Crippen LogP contribution in [0.15, 0.2) is 66.7 Å². The molecule has 0 aliphatic carbocycles. The van der Waals surface area contributed by atoms with E-state index in [1.165, 1.54) is 11.1 Å². The number of aryl methyl sites for hydroxylation is 2. The van der Waals surface area contributed by atoms with Crippen molar-refractivity contribution in [2.24, 2.45) is 0 Å². The summed E-state index contributed by atoms with van der Waals surface area (Å²) in [4.78, 5) is 10.5. The molecule has 28 heavy (non-hydrogen) atoms. The molecule has 1 N–H and O–H groups in total. The van der Waals surface area contributed by atoms with Crippen LogP contribution in [-0.4, -0.2) is 12.8 Å². The number of hydrogen-bond acceptors (Lipinski definition) is 4. The Kier molecular flexibility index (Phi) is 8.05. The molecule has 3 aromatic carbocycles. The monoisotopic (exact) mass is 397 g/mol. The van der Waals surface area contributed by atoms with Gasteiger partial charge in [-0.25, -0.2) is 0 Å². The highest BCUT2D eigenvalue weighted by molar-refractivity contribution is 5.85. The van der Waals surface area contributed by atoms with Crippen LogP contribution in [0.3, 0.4) is 0 Å². The van der Waals surface area contributed by atoms with Crippen LogP contribution in [0.5, 0.6) is 23.0 Å². The zero-order valence-corrected chi connectivity index (χ0v) is 16.8. The minimum absolute atomic E-state index is 0. The van der Waals surface area contributed by atoms with Crippen molar-refractivity contribution in [1.29, 1.82) is 0 Å². The molecule has 3 rings (SSSR count). The largest absolute Gasteiger partial charge is 0.453 e. The standard InChI is InChI=1S/C23H23NO3.ClH/c1-17-3-8-20(9-4-17)26-22-12-7-19(16-24-13-14-25)15-23(22)27-21-10-5-18(2)6-11-21;/h3-12,14-15,24H,13,16H2,1-2H3;1H. The van der Waals surface area contributed by atoms with Crippen molar-refractivity contribution in [2.75, 3.05) is 6.54 Å². The van der Waals surface area contributed by atoms with Crippen LogP contribution in [0.1, 0.15) is 16.7 Å². The molecule has 3 aromatic rings. The van der Waals surface area contributed by atoms with Gasteiger partial charge in [-0.05, 0) is 55.8 Å². The van der Waals surface area contributed by atoms with Gasteiger partial charge in [-0.1, -0.05) is 41.5 Å². The zero-order valence-electron chi connectivity index (χ0n) is 16.0. The average molecular weight is 398 g/mol. The van der Waals surface area contributed by atoms with Crippen molar-refractivity contribution in [3.05, 3.63) is 83.4 Å². The van der Waals surface area contributed by atoms with E-state index >= 15 is 0 Å². The van der Waals surface area contributed by atoms with Crippen molar-refractivity contribution in [2.45, 2.75) is 20.4 Å². The molecule has 0 aromatic heterocycles. The number of ether oxygens (including phenoxy) is 2. The Bertz CT molecular complexity index is 893. The highest BCUT2D eigenvalue weighted by Crippen LogP contribution is 2.35. The summed E-state index contributed by atoms with van der Waals surface area (Å²) in [6.07, 6.45) is 0.846. The van der Waals surface area contributed by atoms with Gasteiger partial charge in [0.25, 0.3) is 0 Å². The molecule has 0 atom stereocenters. The van der Waals surface area contributed by atoms with E-state index < -0.39 is 0 Å². The fourth-order valence-corrected chi connectivity index (χ4v) is 2.57. The minimum atomic E-state index is 0. The Morgan fingerprint density at radius 3 is 1.86 bits per heavy atom. The molecule has 0 radical (unpaired) electrons. The van der Waals surface area contributed by atoms with Gasteiger partial charge in [-0.3, -0.25) is 0 Å². The molecule has 5 heteroatoms. The predicted octanol–water partition coefficient (Wildman–Crippen LogP) is 5.60. The summed E-state index contributed by atoms with van der Waals surface area (Å²) in [6.45, 7) is 4.97. The van der Waals surface area contributed by atoms with Crippen LogP contribution in [0.2, 0.25) is 0 Å². The average Bonchev–Trinajstić information content (AvgIpc) is 2.67. The lowest BCUT2D eigenvalue weighted by Crippen LogP contribution is -2.15. The summed E-state index contributed by atoms with van der Waals surface area (Å²) in [6, 6.07) is 21.5. The van der Waals surface area contributed by atoms with Crippen LogP contribution in [0.4, 0.5) is 0 Å². The second-order valence-electron chi connectivity index (χ2n) is 6.41.